The highest BCUT2D eigenvalue weighted by atomic mass is 35.5. The lowest BCUT2D eigenvalue weighted by molar-refractivity contribution is -0.187. The minimum Gasteiger partial charge on any atom is -0.463 e. The van der Waals surface area contributed by atoms with Crippen LogP contribution < -0.4 is 0 Å². The first-order valence-electron chi connectivity index (χ1n) is 6.85. The van der Waals surface area contributed by atoms with E-state index in [4.69, 9.17) is 21.1 Å². The van der Waals surface area contributed by atoms with Crippen LogP contribution in [-0.4, -0.2) is 41.0 Å². The lowest BCUT2D eigenvalue weighted by Crippen LogP contribution is -2.50. The van der Waals surface area contributed by atoms with Gasteiger partial charge in [0.2, 0.25) is 0 Å². The van der Waals surface area contributed by atoms with E-state index in [1.165, 1.54) is 12.1 Å². The summed E-state index contributed by atoms with van der Waals surface area (Å²) < 4.78 is 9.42. The fourth-order valence-corrected chi connectivity index (χ4v) is 1.96. The van der Waals surface area contributed by atoms with Crippen molar-refractivity contribution < 1.29 is 29.3 Å². The number of esters is 2. The van der Waals surface area contributed by atoms with Crippen LogP contribution in [0.2, 0.25) is 5.02 Å². The molecule has 0 aromatic heterocycles. The van der Waals surface area contributed by atoms with E-state index in [-0.39, 0.29) is 13.2 Å². The second-order valence-corrected chi connectivity index (χ2v) is 5.01. The van der Waals surface area contributed by atoms with Crippen LogP contribution in [0.3, 0.4) is 0 Å². The van der Waals surface area contributed by atoms with E-state index in [0.717, 1.165) is 0 Å². The molecule has 0 aliphatic carbocycles. The summed E-state index contributed by atoms with van der Waals surface area (Å²) in [6.45, 7) is 3.05. The standard InChI is InChI=1S/C15H19ClO6/c1-3-21-13(18)15(20,14(19)22-4-2)9-12(17)10-5-7-11(16)8-6-10/h5-8,12,17,20H,3-4,9H2,1-2H3. The lowest BCUT2D eigenvalue weighted by Gasteiger charge is -2.26. The zero-order valence-corrected chi connectivity index (χ0v) is 13.2. The number of carbonyl (C=O) groups is 2. The Morgan fingerprint density at radius 1 is 1.14 bits per heavy atom. The molecule has 0 heterocycles. The SMILES string of the molecule is CCOC(=O)C(O)(CC(O)c1ccc(Cl)cc1)C(=O)OCC. The Morgan fingerprint density at radius 2 is 1.59 bits per heavy atom. The van der Waals surface area contributed by atoms with Gasteiger partial charge in [0.25, 0.3) is 5.60 Å². The van der Waals surface area contributed by atoms with Crippen LogP contribution >= 0.6 is 11.6 Å². The van der Waals surface area contributed by atoms with E-state index >= 15 is 0 Å². The molecule has 1 unspecified atom stereocenters. The number of hydrogen-bond donors (Lipinski definition) is 2. The van der Waals surface area contributed by atoms with Crippen LogP contribution in [0.15, 0.2) is 24.3 Å². The normalized spacial score (nSPS) is 12.6. The molecule has 0 saturated heterocycles. The van der Waals surface area contributed by atoms with Gasteiger partial charge in [-0.05, 0) is 31.5 Å². The summed E-state index contributed by atoms with van der Waals surface area (Å²) in [5, 5.41) is 21.0. The minimum atomic E-state index is -2.56. The first kappa shape index (κ1) is 18.4. The molecule has 0 aliphatic heterocycles. The molecule has 1 atom stereocenters. The van der Waals surface area contributed by atoms with Gasteiger partial charge in [-0.1, -0.05) is 23.7 Å². The molecule has 2 N–H and O–H groups in total. The predicted octanol–water partition coefficient (Wildman–Crippen LogP) is 1.62. The van der Waals surface area contributed by atoms with Gasteiger partial charge >= 0.3 is 11.9 Å². The van der Waals surface area contributed by atoms with Crippen molar-refractivity contribution in [3.63, 3.8) is 0 Å². The molecule has 6 nitrogen and oxygen atoms in total. The molecule has 22 heavy (non-hydrogen) atoms. The van der Waals surface area contributed by atoms with Gasteiger partial charge in [-0.2, -0.15) is 0 Å². The van der Waals surface area contributed by atoms with Crippen molar-refractivity contribution in [1.29, 1.82) is 0 Å². The summed E-state index contributed by atoms with van der Waals surface area (Å²) >= 11 is 5.75. The molecular formula is C15H19ClO6. The quantitative estimate of drug-likeness (QED) is 0.583. The van der Waals surface area contributed by atoms with Crippen LogP contribution in [-0.2, 0) is 19.1 Å². The summed E-state index contributed by atoms with van der Waals surface area (Å²) in [5.41, 5.74) is -2.16. The van der Waals surface area contributed by atoms with Crippen LogP contribution in [0.4, 0.5) is 0 Å². The van der Waals surface area contributed by atoms with Crippen LogP contribution in [0.25, 0.3) is 0 Å². The molecule has 0 saturated carbocycles. The van der Waals surface area contributed by atoms with Crippen molar-refractivity contribution in [3.05, 3.63) is 34.9 Å². The summed E-state index contributed by atoms with van der Waals surface area (Å²) in [4.78, 5) is 23.8. The predicted molar refractivity (Wildman–Crippen MR) is 79.2 cm³/mol. The van der Waals surface area contributed by atoms with Crippen LogP contribution in [0, 0.1) is 0 Å². The highest BCUT2D eigenvalue weighted by molar-refractivity contribution is 6.30. The first-order chi connectivity index (χ1) is 10.3. The maximum absolute atomic E-state index is 11.9. The van der Waals surface area contributed by atoms with E-state index in [9.17, 15) is 19.8 Å². The maximum Gasteiger partial charge on any atom is 0.350 e. The monoisotopic (exact) mass is 330 g/mol. The van der Waals surface area contributed by atoms with E-state index in [0.29, 0.717) is 10.6 Å². The zero-order chi connectivity index (χ0) is 16.8. The molecule has 0 spiro atoms. The van der Waals surface area contributed by atoms with Gasteiger partial charge in [0, 0.05) is 11.4 Å². The number of rotatable bonds is 7. The number of aliphatic hydroxyl groups excluding tert-OH is 1. The second kappa shape index (κ2) is 8.12. The van der Waals surface area contributed by atoms with Gasteiger partial charge in [0.1, 0.15) is 0 Å². The van der Waals surface area contributed by atoms with Gasteiger partial charge in [0.05, 0.1) is 19.3 Å². The minimum absolute atomic E-state index is 0.0163. The molecule has 0 fully saturated rings. The lowest BCUT2D eigenvalue weighted by atomic mass is 9.92. The van der Waals surface area contributed by atoms with Crippen LogP contribution in [0.5, 0.6) is 0 Å². The van der Waals surface area contributed by atoms with Gasteiger partial charge in [-0.3, -0.25) is 0 Å². The molecule has 7 heteroatoms. The Hall–Kier alpha value is -1.63. The Kier molecular flexibility index (Phi) is 6.80. The Labute approximate surface area is 133 Å². The molecule has 0 amide bonds. The van der Waals surface area contributed by atoms with Crippen molar-refractivity contribution in [2.24, 2.45) is 0 Å². The number of hydrogen-bond acceptors (Lipinski definition) is 6. The third kappa shape index (κ3) is 4.43. The molecule has 0 radical (unpaired) electrons. The van der Waals surface area contributed by atoms with Crippen LogP contribution in [0.1, 0.15) is 31.9 Å². The van der Waals surface area contributed by atoms with Crippen molar-refractivity contribution in [2.75, 3.05) is 13.2 Å². The second-order valence-electron chi connectivity index (χ2n) is 4.57. The Morgan fingerprint density at radius 3 is 2.00 bits per heavy atom. The molecular weight excluding hydrogens is 312 g/mol. The molecule has 1 aromatic rings. The largest absolute Gasteiger partial charge is 0.463 e. The third-order valence-electron chi connectivity index (χ3n) is 2.97. The summed E-state index contributed by atoms with van der Waals surface area (Å²) in [6.07, 6.45) is -1.84. The number of benzene rings is 1. The van der Waals surface area contributed by atoms with E-state index in [2.05, 4.69) is 0 Å². The van der Waals surface area contributed by atoms with Gasteiger partial charge < -0.3 is 19.7 Å². The number of aliphatic hydroxyl groups is 2. The number of ether oxygens (including phenoxy) is 2. The van der Waals surface area contributed by atoms with E-state index in [1.807, 2.05) is 0 Å². The average Bonchev–Trinajstić information content (AvgIpc) is 2.48. The Balaban J connectivity index is 2.99. The maximum atomic E-state index is 11.9. The summed E-state index contributed by atoms with van der Waals surface area (Å²) in [6, 6.07) is 6.16. The van der Waals surface area contributed by atoms with Crippen molar-refractivity contribution in [2.45, 2.75) is 32.0 Å². The number of halogens is 1. The highest BCUT2D eigenvalue weighted by Crippen LogP contribution is 2.27. The zero-order valence-electron chi connectivity index (χ0n) is 12.4. The fourth-order valence-electron chi connectivity index (χ4n) is 1.83. The summed E-state index contributed by atoms with van der Waals surface area (Å²) in [5.74, 6) is -2.30. The Bertz CT molecular complexity index is 495. The van der Waals surface area contributed by atoms with Gasteiger partial charge in [-0.25, -0.2) is 9.59 Å². The molecule has 0 bridgehead atoms. The number of carbonyl (C=O) groups excluding carboxylic acids is 2. The van der Waals surface area contributed by atoms with E-state index in [1.54, 1.807) is 26.0 Å². The van der Waals surface area contributed by atoms with Crippen molar-refractivity contribution >= 4 is 23.5 Å². The highest BCUT2D eigenvalue weighted by Gasteiger charge is 2.48. The molecule has 122 valence electrons. The molecule has 1 aromatic carbocycles. The van der Waals surface area contributed by atoms with E-state index < -0.39 is 30.1 Å². The third-order valence-corrected chi connectivity index (χ3v) is 3.22. The molecule has 0 aliphatic rings. The summed E-state index contributed by atoms with van der Waals surface area (Å²) in [7, 11) is 0. The molecule has 1 rings (SSSR count). The smallest absolute Gasteiger partial charge is 0.350 e. The topological polar surface area (TPSA) is 93.1 Å². The van der Waals surface area contributed by atoms with Gasteiger partial charge in [0.15, 0.2) is 0 Å². The average molecular weight is 331 g/mol. The first-order valence-corrected chi connectivity index (χ1v) is 7.23. The fraction of sp³-hybridized carbons (Fsp3) is 0.467. The van der Waals surface area contributed by atoms with Crippen molar-refractivity contribution in [3.8, 4) is 0 Å². The van der Waals surface area contributed by atoms with Gasteiger partial charge in [-0.15, -0.1) is 0 Å². The van der Waals surface area contributed by atoms with Crippen molar-refractivity contribution in [1.82, 2.24) is 0 Å².